The molecule has 1 rings (SSSR count). The number of carbonyl (C=O) groups is 24. The van der Waals surface area contributed by atoms with Crippen LogP contribution in [0, 0.1) is 0 Å². The Labute approximate surface area is 835 Å². The van der Waals surface area contributed by atoms with Crippen molar-refractivity contribution < 1.29 is 146 Å². The fraction of sp³-hybridized carbons (Fsp3) is 0.688. The summed E-state index contributed by atoms with van der Waals surface area (Å²) in [6, 6.07) is -31.0. The van der Waals surface area contributed by atoms with Crippen LogP contribution in [-0.2, 0) is 115 Å². The van der Waals surface area contributed by atoms with E-state index in [2.05, 4.69) is 184 Å². The number of nitrogens with one attached hydrogen (secondary N) is 18. The summed E-state index contributed by atoms with van der Waals surface area (Å²) in [7, 11) is 0. The molecular formula is C77H129N23O30S8. The number of nitrogens with two attached hydrogens (primary N) is 4. The van der Waals surface area contributed by atoms with Gasteiger partial charge in [-0.2, -0.15) is 100 Å². The number of carboxylic acid groups (broad SMARTS) is 5. The van der Waals surface area contributed by atoms with Crippen LogP contribution in [-0.4, -0.2) is 384 Å². The van der Waals surface area contributed by atoms with E-state index in [0.717, 1.165) is 18.7 Å². The summed E-state index contributed by atoms with van der Waals surface area (Å²) in [6.45, 7) is 2.57. The Bertz CT molecular complexity index is 4200. The molecule has 0 radical (unpaired) electrons. The van der Waals surface area contributed by atoms with Gasteiger partial charge in [0.1, 0.15) is 109 Å². The highest BCUT2D eigenvalue weighted by atomic mass is 32.2. The predicted octanol–water partition coefficient (Wildman–Crippen LogP) is -12.3. The minimum Gasteiger partial charge on any atom is -0.481 e. The quantitative estimate of drug-likeness (QED) is 0.0199. The molecule has 138 heavy (non-hydrogen) atoms. The molecule has 0 spiro atoms. The number of carboxylic acids is 5. The molecule has 1 saturated heterocycles. The number of aliphatic hydroxyl groups is 1. The molecule has 1 fully saturated rings. The minimum absolute atomic E-state index is 0.0423. The van der Waals surface area contributed by atoms with Crippen LogP contribution >= 0.6 is 100 Å². The van der Waals surface area contributed by atoms with E-state index in [4.69, 9.17) is 22.9 Å². The van der Waals surface area contributed by atoms with Gasteiger partial charge in [0.2, 0.25) is 112 Å². The fourth-order valence-electron chi connectivity index (χ4n) is 12.6. The van der Waals surface area contributed by atoms with Crippen molar-refractivity contribution in [2.75, 3.05) is 85.0 Å². The molecule has 53 nitrogen and oxygen atoms in total. The van der Waals surface area contributed by atoms with Crippen molar-refractivity contribution in [3.8, 4) is 0 Å². The largest absolute Gasteiger partial charge is 0.481 e. The summed E-state index contributed by atoms with van der Waals surface area (Å²) < 4.78 is 0. The number of carbonyl (C=O) groups excluding carboxylic acids is 19. The number of likely N-dealkylation sites (tertiary alicyclic amines) is 1. The van der Waals surface area contributed by atoms with E-state index < -0.39 is 330 Å². The molecule has 1 aliphatic heterocycles. The fourth-order valence-corrected chi connectivity index (χ4v) is 14.9. The van der Waals surface area contributed by atoms with E-state index in [1.165, 1.54) is 18.7 Å². The third kappa shape index (κ3) is 46.3. The molecule has 19 amide bonds. The molecule has 0 unspecified atom stereocenters. The van der Waals surface area contributed by atoms with Crippen molar-refractivity contribution in [1.29, 1.82) is 0 Å². The highest BCUT2D eigenvalue weighted by Gasteiger charge is 2.43. The summed E-state index contributed by atoms with van der Waals surface area (Å²) in [5.41, 5.74) is 22.8. The normalized spacial score (nSPS) is 16.3. The lowest BCUT2D eigenvalue weighted by molar-refractivity contribution is -0.144. The second kappa shape index (κ2) is 67.3. The number of aliphatic hydroxyl groups excluding tert-OH is 1. The van der Waals surface area contributed by atoms with Gasteiger partial charge in [0, 0.05) is 46.8 Å². The van der Waals surface area contributed by atoms with Crippen LogP contribution < -0.4 is 119 Å². The van der Waals surface area contributed by atoms with Crippen LogP contribution in [0.3, 0.4) is 0 Å². The van der Waals surface area contributed by atoms with Gasteiger partial charge in [-0.1, -0.05) is 0 Å². The van der Waals surface area contributed by atoms with Gasteiger partial charge in [0.25, 0.3) is 0 Å². The molecule has 0 aromatic heterocycles. The predicted molar refractivity (Wildman–Crippen MR) is 517 cm³/mol. The van der Waals surface area contributed by atoms with Gasteiger partial charge >= 0.3 is 29.8 Å². The first kappa shape index (κ1) is 126. The number of thiol groups is 7. The lowest BCUT2D eigenvalue weighted by Crippen LogP contribution is -2.62. The van der Waals surface area contributed by atoms with Gasteiger partial charge in [-0.15, -0.1) is 0 Å². The van der Waals surface area contributed by atoms with Crippen LogP contribution in [0.4, 0.5) is 0 Å². The highest BCUT2D eigenvalue weighted by molar-refractivity contribution is 7.98. The smallest absolute Gasteiger partial charge is 0.327 e. The summed E-state index contributed by atoms with van der Waals surface area (Å²) >= 11 is 30.0. The molecule has 61 heteroatoms. The number of amides is 19. The Hall–Kier alpha value is -10.1. The molecule has 0 aliphatic carbocycles. The van der Waals surface area contributed by atoms with Crippen molar-refractivity contribution in [1.82, 2.24) is 101 Å². The Balaban J connectivity index is 3.23. The summed E-state index contributed by atoms with van der Waals surface area (Å²) in [6.07, 6.45) is -3.02. The number of nitrogens with zero attached hydrogens (tertiary/aromatic N) is 1. The first-order valence-corrected chi connectivity index (χ1v) is 49.0. The Morgan fingerprint density at radius 2 is 0.630 bits per heavy atom. The van der Waals surface area contributed by atoms with Gasteiger partial charge in [0.05, 0.1) is 44.4 Å². The van der Waals surface area contributed by atoms with Crippen molar-refractivity contribution in [3.63, 3.8) is 0 Å². The Morgan fingerprint density at radius 3 is 0.978 bits per heavy atom. The van der Waals surface area contributed by atoms with Crippen LogP contribution in [0.25, 0.3) is 0 Å². The SMILES string of the molecule is CSCC[C@H](N)C(=O)N[C@@H](CC(=O)O)C(=O)N[C@@H](CS)C(=O)N[C@@H](CS)C(=O)N[C@@H](CCCCN)C(=O)N[C@@H](CC(=O)O)C(=O)NCC(=O)N[C@@H](CS)C(=O)N[C@H](C(=O)N[C@@H](CS)C(=O)N[C@@H](C)C(=O)N1CCC[C@H]1C(=O)N[C@@H](CC(=O)O)C(=O)N[C@@H](CS)C(=O)N[C@@H](C)C(=O)N[C@@H](CCCCN)C(=O)N[C@@H](CC(=O)O)C(=O)N[C@@H](CS)C(=O)N[C@@H](CCCCN)C(=O)N[C@@H](CS)C(=O)O)[C@@H](C)O. The molecular weight excluding hydrogens is 1980 g/mol. The second-order valence-corrected chi connectivity index (χ2v) is 34.8. The molecule has 0 bridgehead atoms. The third-order valence-electron chi connectivity index (χ3n) is 20.3. The van der Waals surface area contributed by atoms with E-state index in [1.807, 2.05) is 0 Å². The van der Waals surface area contributed by atoms with Crippen LogP contribution in [0.1, 0.15) is 124 Å². The molecule has 0 aromatic rings. The van der Waals surface area contributed by atoms with Gasteiger partial charge in [-0.3, -0.25) is 110 Å². The maximum Gasteiger partial charge on any atom is 0.327 e. The van der Waals surface area contributed by atoms with Gasteiger partial charge in [-0.05, 0) is 129 Å². The van der Waals surface area contributed by atoms with Gasteiger partial charge < -0.3 is 154 Å². The second-order valence-electron chi connectivity index (χ2n) is 31.3. The Morgan fingerprint density at radius 1 is 0.341 bits per heavy atom. The average molecular weight is 2110 g/mol. The minimum atomic E-state index is -1.98. The van der Waals surface area contributed by atoms with Crippen molar-refractivity contribution >= 4 is 242 Å². The highest BCUT2D eigenvalue weighted by Crippen LogP contribution is 2.20. The standard InChI is InChI=1S/C77H129N23O30S8/c1-34(59(111)86-38(12-5-8-17-78)62(114)91-43(24-56(107)108)66(118)94-48(30-134)70(122)88-40(14-7-10-19-80)64(116)98-51(33-137)77(129)130)83-68(120)46(28-132)93-67(119)44(25-57(109)110)92-74(126)52-15-11-20-100(52)76(128)35(2)84-69(121)47(29-133)97-75(127)58(36(3)101)99-73(125)45(27-131)85-53(102)26-82-61(113)41(22-54(103)104)90-63(115)39(13-6-9-18-79)87-71(123)49(31-135)96-72(124)50(32-136)95-65(117)42(23-55(105)106)89-60(112)37(81)16-21-138-4/h34-52,58,101,131-137H,5-33,78-81H2,1-4H3,(H,82,113)(H,83,120)(H,84,121)(H,85,102)(H,86,111)(H,87,123)(H,88,122)(H,89,112)(H,90,115)(H,91,114)(H,92,126)(H,93,119)(H,94,118)(H,95,117)(H,96,124)(H,97,127)(H,98,116)(H,99,125)(H,103,104)(H,105,106)(H,107,108)(H,109,110)(H,129,130)/t34-,35-,36+,37-,38-,39-,40-,41-,42-,43-,44-,45-,46-,47-,48-,49-,50-,51-,52-,58-/m0/s1. The maximum absolute atomic E-state index is 14.1. The van der Waals surface area contributed by atoms with Crippen molar-refractivity contribution in [2.24, 2.45) is 22.9 Å². The zero-order valence-corrected chi connectivity index (χ0v) is 82.9. The summed E-state index contributed by atoms with van der Waals surface area (Å²) in [5, 5.41) is 100. The monoisotopic (exact) mass is 2110 g/mol. The molecule has 32 N–H and O–H groups in total. The van der Waals surface area contributed by atoms with E-state index in [9.17, 15) is 146 Å². The number of rotatable bonds is 69. The molecule has 1 aliphatic rings. The van der Waals surface area contributed by atoms with Crippen molar-refractivity contribution in [2.45, 2.75) is 244 Å². The van der Waals surface area contributed by atoms with E-state index in [-0.39, 0.29) is 103 Å². The lowest BCUT2D eigenvalue weighted by atomic mass is 10.1. The zero-order chi connectivity index (χ0) is 105. The summed E-state index contributed by atoms with van der Waals surface area (Å²) in [5.74, 6) is -31.8. The first-order valence-electron chi connectivity index (χ1n) is 43.2. The maximum atomic E-state index is 14.1. The van der Waals surface area contributed by atoms with E-state index in [1.54, 1.807) is 6.26 Å². The molecule has 0 aromatic carbocycles. The van der Waals surface area contributed by atoms with E-state index >= 15 is 0 Å². The van der Waals surface area contributed by atoms with E-state index in [0.29, 0.717) is 12.2 Å². The number of hydrogen-bond acceptors (Lipinski definition) is 37. The van der Waals surface area contributed by atoms with Crippen LogP contribution in [0.15, 0.2) is 0 Å². The van der Waals surface area contributed by atoms with Gasteiger partial charge in [-0.25, -0.2) is 4.79 Å². The first-order chi connectivity index (χ1) is 65.0. The molecule has 1 heterocycles. The van der Waals surface area contributed by atoms with Crippen LogP contribution in [0.5, 0.6) is 0 Å². The number of aliphatic carboxylic acids is 5. The zero-order valence-electron chi connectivity index (χ0n) is 75.8. The van der Waals surface area contributed by atoms with Crippen LogP contribution in [0.2, 0.25) is 0 Å². The average Bonchev–Trinajstić information content (AvgIpc) is 1.61. The van der Waals surface area contributed by atoms with Gasteiger partial charge in [0.15, 0.2) is 0 Å². The number of hydrogen-bond donors (Lipinski definition) is 35. The molecule has 0 saturated carbocycles. The third-order valence-corrected chi connectivity index (χ3v) is 23.5. The lowest BCUT2D eigenvalue weighted by Gasteiger charge is -2.30. The number of thioether (sulfide) groups is 1. The Kier molecular flexibility index (Phi) is 61.4. The molecule has 780 valence electrons. The van der Waals surface area contributed by atoms with Crippen molar-refractivity contribution in [3.05, 3.63) is 0 Å². The molecule has 20 atom stereocenters. The topological polar surface area (TPSA) is 855 Å². The summed E-state index contributed by atoms with van der Waals surface area (Å²) in [4.78, 5) is 320. The number of unbranched alkanes of at least 4 members (excludes halogenated alkanes) is 3.